The van der Waals surface area contributed by atoms with Crippen LogP contribution in [0, 0.1) is 13.8 Å². The van der Waals surface area contributed by atoms with Crippen molar-refractivity contribution in [3.63, 3.8) is 0 Å². The molecule has 0 bridgehead atoms. The van der Waals surface area contributed by atoms with E-state index >= 15 is 0 Å². The Labute approximate surface area is 190 Å². The number of nitrogens with one attached hydrogen (secondary N) is 2. The molecule has 1 aliphatic rings. The van der Waals surface area contributed by atoms with Crippen molar-refractivity contribution in [2.24, 2.45) is 0 Å². The first-order valence-electron chi connectivity index (χ1n) is 9.94. The van der Waals surface area contributed by atoms with E-state index in [4.69, 9.17) is 11.6 Å². The Morgan fingerprint density at radius 1 is 0.812 bits per heavy atom. The maximum Gasteiger partial charge on any atom is 0.283 e. The number of para-hydroxylation sites is 1. The third-order valence-electron chi connectivity index (χ3n) is 4.94. The van der Waals surface area contributed by atoms with E-state index in [1.54, 1.807) is 54.6 Å². The molecule has 1 heterocycles. The lowest BCUT2D eigenvalue weighted by Gasteiger charge is -2.15. The van der Waals surface area contributed by atoms with Gasteiger partial charge in [0.2, 0.25) is 0 Å². The Balaban J connectivity index is 1.48. The molecule has 0 radical (unpaired) electrons. The summed E-state index contributed by atoms with van der Waals surface area (Å²) in [6.07, 6.45) is 0. The van der Waals surface area contributed by atoms with E-state index in [2.05, 4.69) is 10.6 Å². The van der Waals surface area contributed by atoms with Crippen molar-refractivity contribution in [2.45, 2.75) is 13.8 Å². The Bertz CT molecular complexity index is 1230. The normalized spacial score (nSPS) is 13.5. The fourth-order valence-electron chi connectivity index (χ4n) is 3.52. The molecule has 7 heteroatoms. The molecule has 0 unspecified atom stereocenters. The summed E-state index contributed by atoms with van der Waals surface area (Å²) >= 11 is 6.16. The average Bonchev–Trinajstić information content (AvgIpc) is 2.97. The highest BCUT2D eigenvalue weighted by Gasteiger charge is 2.38. The molecule has 0 atom stereocenters. The van der Waals surface area contributed by atoms with Gasteiger partial charge in [0.1, 0.15) is 10.7 Å². The number of imide groups is 1. The zero-order chi connectivity index (χ0) is 22.8. The number of amides is 3. The molecule has 32 heavy (non-hydrogen) atoms. The molecule has 0 spiro atoms. The number of carbonyl (C=O) groups is 3. The molecule has 6 nitrogen and oxygen atoms in total. The summed E-state index contributed by atoms with van der Waals surface area (Å²) in [4.78, 5) is 38.9. The molecule has 160 valence electrons. The molecular formula is C25H20ClN3O3. The minimum Gasteiger partial charge on any atom is -0.350 e. The summed E-state index contributed by atoms with van der Waals surface area (Å²) in [7, 11) is 0. The highest BCUT2D eigenvalue weighted by atomic mass is 35.5. The highest BCUT2D eigenvalue weighted by Crippen LogP contribution is 2.30. The van der Waals surface area contributed by atoms with Crippen LogP contribution in [0.3, 0.4) is 0 Å². The molecule has 0 aromatic heterocycles. The van der Waals surface area contributed by atoms with E-state index < -0.39 is 11.8 Å². The number of hydrogen-bond donors (Lipinski definition) is 2. The van der Waals surface area contributed by atoms with Crippen LogP contribution in [-0.4, -0.2) is 17.7 Å². The molecule has 0 aliphatic carbocycles. The van der Waals surface area contributed by atoms with Gasteiger partial charge in [0.25, 0.3) is 17.7 Å². The molecule has 1 aliphatic heterocycles. The van der Waals surface area contributed by atoms with Gasteiger partial charge in [-0.2, -0.15) is 0 Å². The average molecular weight is 446 g/mol. The zero-order valence-electron chi connectivity index (χ0n) is 17.5. The molecule has 2 N–H and O–H groups in total. The summed E-state index contributed by atoms with van der Waals surface area (Å²) in [5, 5.41) is 5.60. The minimum atomic E-state index is -0.588. The quantitative estimate of drug-likeness (QED) is 0.542. The van der Waals surface area contributed by atoms with E-state index in [1.165, 1.54) is 0 Å². The van der Waals surface area contributed by atoms with Crippen molar-refractivity contribution < 1.29 is 14.4 Å². The molecule has 4 rings (SSSR count). The van der Waals surface area contributed by atoms with Crippen LogP contribution in [0.5, 0.6) is 0 Å². The second kappa shape index (κ2) is 8.69. The van der Waals surface area contributed by atoms with Crippen LogP contribution in [0.4, 0.5) is 17.1 Å². The van der Waals surface area contributed by atoms with Gasteiger partial charge < -0.3 is 10.6 Å². The van der Waals surface area contributed by atoms with Crippen molar-refractivity contribution in [1.29, 1.82) is 0 Å². The van der Waals surface area contributed by atoms with Gasteiger partial charge in [-0.25, -0.2) is 4.90 Å². The summed E-state index contributed by atoms with van der Waals surface area (Å²) < 4.78 is 0. The van der Waals surface area contributed by atoms with Crippen LogP contribution in [0.1, 0.15) is 21.5 Å². The number of carbonyl (C=O) groups excluding carboxylic acids is 3. The van der Waals surface area contributed by atoms with Gasteiger partial charge in [0.15, 0.2) is 0 Å². The lowest BCUT2D eigenvalue weighted by atomic mass is 10.1. The predicted octanol–water partition coefficient (Wildman–Crippen LogP) is 4.99. The van der Waals surface area contributed by atoms with Gasteiger partial charge in [-0.05, 0) is 73.5 Å². The van der Waals surface area contributed by atoms with Crippen molar-refractivity contribution in [3.05, 3.63) is 100 Å². The highest BCUT2D eigenvalue weighted by molar-refractivity contribution is 6.53. The van der Waals surface area contributed by atoms with E-state index in [1.807, 2.05) is 32.0 Å². The third kappa shape index (κ3) is 4.26. The second-order valence-corrected chi connectivity index (χ2v) is 7.88. The van der Waals surface area contributed by atoms with Gasteiger partial charge in [-0.1, -0.05) is 35.9 Å². The number of nitrogens with zero attached hydrogens (tertiary/aromatic N) is 1. The monoisotopic (exact) mass is 445 g/mol. The van der Waals surface area contributed by atoms with Gasteiger partial charge in [-0.15, -0.1) is 0 Å². The second-order valence-electron chi connectivity index (χ2n) is 7.50. The van der Waals surface area contributed by atoms with Crippen LogP contribution in [-0.2, 0) is 9.59 Å². The van der Waals surface area contributed by atoms with E-state index in [0.29, 0.717) is 16.9 Å². The topological polar surface area (TPSA) is 78.5 Å². The lowest BCUT2D eigenvalue weighted by molar-refractivity contribution is -0.120. The van der Waals surface area contributed by atoms with Gasteiger partial charge in [0, 0.05) is 16.9 Å². The Morgan fingerprint density at radius 2 is 1.44 bits per heavy atom. The van der Waals surface area contributed by atoms with Gasteiger partial charge >= 0.3 is 0 Å². The molecule has 0 saturated carbocycles. The SMILES string of the molecule is Cc1cc(C)cc(NC(=O)c2ccc(NC3=C(Cl)C(=O)N(c4ccccc4)C3=O)cc2)c1. The summed E-state index contributed by atoms with van der Waals surface area (Å²) in [6, 6.07) is 21.0. The molecule has 3 aromatic rings. The standard InChI is InChI=1S/C25H20ClN3O3/c1-15-12-16(2)14-19(13-15)28-23(30)17-8-10-18(11-9-17)27-22-21(26)24(31)29(25(22)32)20-6-4-3-5-7-20/h3-14,27H,1-2H3,(H,28,30). The summed E-state index contributed by atoms with van der Waals surface area (Å²) in [5.41, 5.74) is 4.26. The number of aryl methyl sites for hydroxylation is 2. The van der Waals surface area contributed by atoms with Gasteiger partial charge in [0.05, 0.1) is 5.69 Å². The largest absolute Gasteiger partial charge is 0.350 e. The zero-order valence-corrected chi connectivity index (χ0v) is 18.2. The fraction of sp³-hybridized carbons (Fsp3) is 0.0800. The van der Waals surface area contributed by atoms with E-state index in [9.17, 15) is 14.4 Å². The number of hydrogen-bond acceptors (Lipinski definition) is 4. The molecular weight excluding hydrogens is 426 g/mol. The van der Waals surface area contributed by atoms with Crippen molar-refractivity contribution in [3.8, 4) is 0 Å². The number of rotatable bonds is 5. The number of halogens is 1. The Kier molecular flexibility index (Phi) is 5.79. The summed E-state index contributed by atoms with van der Waals surface area (Å²) in [5.74, 6) is -1.38. The first-order valence-corrected chi connectivity index (χ1v) is 10.3. The summed E-state index contributed by atoms with van der Waals surface area (Å²) in [6.45, 7) is 3.94. The minimum absolute atomic E-state index is 0.00652. The van der Waals surface area contributed by atoms with Crippen LogP contribution < -0.4 is 15.5 Å². The molecule has 3 aromatic carbocycles. The van der Waals surface area contributed by atoms with Crippen LogP contribution in [0.2, 0.25) is 0 Å². The maximum absolute atomic E-state index is 12.8. The van der Waals surface area contributed by atoms with Crippen LogP contribution in [0.25, 0.3) is 0 Å². The van der Waals surface area contributed by atoms with Crippen molar-refractivity contribution in [1.82, 2.24) is 0 Å². The molecule has 3 amide bonds. The van der Waals surface area contributed by atoms with E-state index in [-0.39, 0.29) is 16.6 Å². The van der Waals surface area contributed by atoms with Crippen LogP contribution >= 0.6 is 11.6 Å². The maximum atomic E-state index is 12.8. The first-order chi connectivity index (χ1) is 15.3. The smallest absolute Gasteiger partial charge is 0.283 e. The number of anilines is 3. The van der Waals surface area contributed by atoms with Crippen LogP contribution in [0.15, 0.2) is 83.5 Å². The van der Waals surface area contributed by atoms with Crippen molar-refractivity contribution >= 4 is 46.4 Å². The lowest BCUT2D eigenvalue weighted by Crippen LogP contribution is -2.32. The number of benzene rings is 3. The fourth-order valence-corrected chi connectivity index (χ4v) is 3.73. The Hall–Kier alpha value is -3.90. The Morgan fingerprint density at radius 3 is 2.06 bits per heavy atom. The van der Waals surface area contributed by atoms with Gasteiger partial charge in [-0.3, -0.25) is 14.4 Å². The first kappa shape index (κ1) is 21.3. The molecule has 0 saturated heterocycles. The van der Waals surface area contributed by atoms with E-state index in [0.717, 1.165) is 21.7 Å². The third-order valence-corrected chi connectivity index (χ3v) is 5.29. The molecule has 0 fully saturated rings. The predicted molar refractivity (Wildman–Crippen MR) is 126 cm³/mol. The van der Waals surface area contributed by atoms with Crippen molar-refractivity contribution in [2.75, 3.05) is 15.5 Å².